The molecule has 0 aliphatic heterocycles. The van der Waals surface area contributed by atoms with Crippen LogP contribution < -0.4 is 5.32 Å². The first-order valence-electron chi connectivity index (χ1n) is 15.4. The van der Waals surface area contributed by atoms with E-state index >= 15 is 8.78 Å². The highest BCUT2D eigenvalue weighted by Crippen LogP contribution is 2.72. The molecule has 45 heavy (non-hydrogen) atoms. The predicted molar refractivity (Wildman–Crippen MR) is 164 cm³/mol. The third-order valence-corrected chi connectivity index (χ3v) is 10.9. The Bertz CT molecular complexity index is 1390. The summed E-state index contributed by atoms with van der Waals surface area (Å²) in [5.41, 5.74) is -5.42. The van der Waals surface area contributed by atoms with E-state index < -0.39 is 70.2 Å². The number of hydrogen-bond acceptors (Lipinski definition) is 7. The number of para-hydroxylation sites is 1. The summed E-state index contributed by atoms with van der Waals surface area (Å²) in [4.78, 5) is 49.8. The van der Waals surface area contributed by atoms with Gasteiger partial charge < -0.3 is 25.2 Å². The molecule has 246 valence electrons. The zero-order chi connectivity index (χ0) is 33.4. The molecule has 3 fully saturated rings. The second kappa shape index (κ2) is 12.7. The number of rotatable bonds is 6. The first-order valence-corrected chi connectivity index (χ1v) is 15.4. The van der Waals surface area contributed by atoms with Gasteiger partial charge in [-0.05, 0) is 80.7 Å². The number of halogens is 2. The number of esters is 1. The normalized spacial score (nSPS) is 36.3. The summed E-state index contributed by atoms with van der Waals surface area (Å²) in [5.74, 6) is -2.52. The lowest BCUT2D eigenvalue weighted by Crippen LogP contribution is -2.70. The molecular formula is C34H44F2N2O7. The third kappa shape index (κ3) is 5.62. The Kier molecular flexibility index (Phi) is 9.76. The van der Waals surface area contributed by atoms with Gasteiger partial charge in [-0.2, -0.15) is 0 Å². The van der Waals surface area contributed by atoms with Crippen molar-refractivity contribution in [2.75, 3.05) is 32.1 Å². The SMILES string of the molecule is CCOC(C)=O.CN(C[C@]1(C(=O)CO)CCC2[C@@H]3C[C@H](F)C4=CC(=O)C=C[C@]4(C)[C@@]3(F)[C@@H](O)C[C@@]21C)C(=O)Nc1ccccc1. The second-order valence-corrected chi connectivity index (χ2v) is 13.1. The summed E-state index contributed by atoms with van der Waals surface area (Å²) in [7, 11) is 1.56. The number of carbonyl (C=O) groups is 4. The van der Waals surface area contributed by atoms with E-state index in [1.807, 2.05) is 13.0 Å². The Hall–Kier alpha value is -3.44. The number of ketones is 2. The number of ether oxygens (including phenoxy) is 1. The molecule has 3 saturated carbocycles. The minimum atomic E-state index is -2.25. The summed E-state index contributed by atoms with van der Waals surface area (Å²) in [6, 6.07) is 8.40. The van der Waals surface area contributed by atoms with Crippen LogP contribution in [0.1, 0.15) is 53.4 Å². The summed E-state index contributed by atoms with van der Waals surface area (Å²) in [6.07, 6.45) is 0.954. The highest BCUT2D eigenvalue weighted by molar-refractivity contribution is 6.01. The van der Waals surface area contributed by atoms with Gasteiger partial charge in [-0.25, -0.2) is 13.6 Å². The fraction of sp³-hybridized carbons (Fsp3) is 0.588. The molecule has 8 atom stereocenters. The van der Waals surface area contributed by atoms with Gasteiger partial charge in [0.05, 0.1) is 18.1 Å². The Morgan fingerprint density at radius 3 is 2.40 bits per heavy atom. The summed E-state index contributed by atoms with van der Waals surface area (Å²) in [6.45, 7) is 6.19. The molecule has 0 saturated heterocycles. The number of allylic oxidation sites excluding steroid dienone is 4. The molecule has 0 spiro atoms. The number of amides is 2. The van der Waals surface area contributed by atoms with Gasteiger partial charge in [0.15, 0.2) is 17.2 Å². The zero-order valence-electron chi connectivity index (χ0n) is 26.5. The molecule has 0 radical (unpaired) electrons. The van der Waals surface area contributed by atoms with E-state index in [-0.39, 0.29) is 37.3 Å². The van der Waals surface area contributed by atoms with Gasteiger partial charge in [-0.15, -0.1) is 0 Å². The topological polar surface area (TPSA) is 133 Å². The smallest absolute Gasteiger partial charge is 0.321 e. The van der Waals surface area contributed by atoms with Crippen LogP contribution >= 0.6 is 0 Å². The molecule has 0 bridgehead atoms. The number of fused-ring (bicyclic) bond motifs is 5. The summed E-state index contributed by atoms with van der Waals surface area (Å²) >= 11 is 0. The van der Waals surface area contributed by atoms with E-state index in [4.69, 9.17) is 0 Å². The summed E-state index contributed by atoms with van der Waals surface area (Å²) in [5, 5.41) is 24.4. The highest BCUT2D eigenvalue weighted by atomic mass is 19.1. The lowest BCUT2D eigenvalue weighted by Gasteiger charge is -2.63. The number of nitrogens with one attached hydrogen (secondary N) is 1. The van der Waals surface area contributed by atoms with Crippen molar-refractivity contribution < 1.29 is 42.9 Å². The monoisotopic (exact) mass is 630 g/mol. The van der Waals surface area contributed by atoms with Crippen molar-refractivity contribution in [2.45, 2.75) is 71.3 Å². The molecule has 3 N–H and O–H groups in total. The minimum absolute atomic E-state index is 0.0458. The van der Waals surface area contributed by atoms with Crippen LogP contribution in [0.15, 0.2) is 54.1 Å². The standard InChI is InChI=1S/C30H36F2N2O5.C4H8O2/c1-27-11-9-19(36)13-22(27)23(31)14-21-20-10-12-29(25(38)16-35,28(20,2)15-24(37)30(21,27)32)17-34(3)26(39)33-18-7-5-4-6-8-18;1-3-6-4(2)5/h4-9,11,13,20-21,23-24,35,37H,10,12,14-17H2,1-3H3,(H,33,39);3H2,1-2H3/t20?,21-,23-,24-,27-,28-,29-,30-;/m0./s1. The van der Waals surface area contributed by atoms with E-state index in [0.29, 0.717) is 18.7 Å². The van der Waals surface area contributed by atoms with Crippen LogP contribution in [0.5, 0.6) is 0 Å². The van der Waals surface area contributed by atoms with E-state index in [9.17, 15) is 29.4 Å². The Balaban J connectivity index is 0.000000700. The van der Waals surface area contributed by atoms with Gasteiger partial charge in [0.2, 0.25) is 0 Å². The quantitative estimate of drug-likeness (QED) is 0.392. The molecule has 1 aromatic carbocycles. The molecule has 0 heterocycles. The van der Waals surface area contributed by atoms with Gasteiger partial charge in [-0.1, -0.05) is 31.2 Å². The Labute approximate surface area is 262 Å². The van der Waals surface area contributed by atoms with Crippen LogP contribution in [0, 0.1) is 28.1 Å². The number of anilines is 1. The van der Waals surface area contributed by atoms with E-state index in [1.54, 1.807) is 38.2 Å². The van der Waals surface area contributed by atoms with E-state index in [0.717, 1.165) is 6.08 Å². The number of Topliss-reactive ketones (excluding diaryl/α,β-unsaturated/α-hetero) is 1. The van der Waals surface area contributed by atoms with Crippen LogP contribution in [0.2, 0.25) is 0 Å². The molecule has 0 aromatic heterocycles. The van der Waals surface area contributed by atoms with Gasteiger partial charge in [0.1, 0.15) is 12.8 Å². The van der Waals surface area contributed by atoms with Gasteiger partial charge >= 0.3 is 12.0 Å². The molecule has 4 aliphatic carbocycles. The number of urea groups is 1. The predicted octanol–water partition coefficient (Wildman–Crippen LogP) is 4.59. The first-order chi connectivity index (χ1) is 21.1. The van der Waals surface area contributed by atoms with Gasteiger partial charge in [0.25, 0.3) is 0 Å². The lowest BCUT2D eigenvalue weighted by molar-refractivity contribution is -0.212. The van der Waals surface area contributed by atoms with Gasteiger partial charge in [-0.3, -0.25) is 14.4 Å². The second-order valence-electron chi connectivity index (χ2n) is 13.1. The van der Waals surface area contributed by atoms with Crippen LogP contribution in [0.25, 0.3) is 0 Å². The number of aliphatic hydroxyl groups is 2. The molecule has 11 heteroatoms. The molecule has 5 rings (SSSR count). The van der Waals surface area contributed by atoms with E-state index in [1.165, 1.54) is 30.9 Å². The maximum atomic E-state index is 17.4. The van der Waals surface area contributed by atoms with Crippen molar-refractivity contribution in [1.29, 1.82) is 0 Å². The maximum Gasteiger partial charge on any atom is 0.321 e. The fourth-order valence-electron chi connectivity index (χ4n) is 8.70. The first kappa shape index (κ1) is 34.4. The third-order valence-electron chi connectivity index (χ3n) is 10.9. The fourth-order valence-corrected chi connectivity index (χ4v) is 8.70. The number of benzene rings is 1. The molecule has 1 unspecified atom stereocenters. The minimum Gasteiger partial charge on any atom is -0.466 e. The molecule has 4 aliphatic rings. The highest BCUT2D eigenvalue weighted by Gasteiger charge is 2.75. The number of aliphatic hydroxyl groups excluding tert-OH is 2. The molecule has 9 nitrogen and oxygen atoms in total. The molecular weight excluding hydrogens is 586 g/mol. The van der Waals surface area contributed by atoms with Crippen molar-refractivity contribution in [3.63, 3.8) is 0 Å². The van der Waals surface area contributed by atoms with Crippen LogP contribution in [-0.2, 0) is 19.1 Å². The molecule has 2 amide bonds. The van der Waals surface area contributed by atoms with Crippen LogP contribution in [0.4, 0.5) is 19.3 Å². The van der Waals surface area contributed by atoms with Crippen molar-refractivity contribution in [3.8, 4) is 0 Å². The van der Waals surface area contributed by atoms with Crippen molar-refractivity contribution in [3.05, 3.63) is 54.1 Å². The number of carbonyl (C=O) groups excluding carboxylic acids is 4. The van der Waals surface area contributed by atoms with Crippen molar-refractivity contribution >= 4 is 29.3 Å². The zero-order valence-corrected chi connectivity index (χ0v) is 26.5. The van der Waals surface area contributed by atoms with Crippen LogP contribution in [0.3, 0.4) is 0 Å². The average molecular weight is 631 g/mol. The van der Waals surface area contributed by atoms with Crippen molar-refractivity contribution in [1.82, 2.24) is 4.90 Å². The number of nitrogens with zero attached hydrogens (tertiary/aromatic N) is 1. The van der Waals surface area contributed by atoms with E-state index in [2.05, 4.69) is 10.1 Å². The largest absolute Gasteiger partial charge is 0.466 e. The van der Waals surface area contributed by atoms with Crippen molar-refractivity contribution in [2.24, 2.45) is 28.1 Å². The van der Waals surface area contributed by atoms with Gasteiger partial charge in [0, 0.05) is 37.5 Å². The lowest BCUT2D eigenvalue weighted by atomic mass is 9.43. The Morgan fingerprint density at radius 1 is 1.16 bits per heavy atom. The summed E-state index contributed by atoms with van der Waals surface area (Å²) < 4.78 is 37.4. The number of hydrogen-bond donors (Lipinski definition) is 3. The number of alkyl halides is 2. The average Bonchev–Trinajstić information content (AvgIpc) is 3.27. The maximum absolute atomic E-state index is 17.4. The Morgan fingerprint density at radius 2 is 1.82 bits per heavy atom. The van der Waals surface area contributed by atoms with Crippen LogP contribution in [-0.4, -0.2) is 83.4 Å². The molecule has 1 aromatic rings.